The highest BCUT2D eigenvalue weighted by Crippen LogP contribution is 2.15. The third kappa shape index (κ3) is 3.40. The molecule has 0 spiro atoms. The summed E-state index contributed by atoms with van der Waals surface area (Å²) in [6.07, 6.45) is 0. The standard InChI is InChI=1S/C8H12ClN3O2S/c1-4(2)5(3-13)10-6(14)7-11-12-8(9)15-7/h4-5,13H,3H2,1-2H3,(H,10,14)/t5-/m1/s1. The van der Waals surface area contributed by atoms with E-state index in [4.69, 9.17) is 16.7 Å². The van der Waals surface area contributed by atoms with Crippen LogP contribution in [0.15, 0.2) is 0 Å². The zero-order chi connectivity index (χ0) is 11.4. The molecule has 7 heteroatoms. The van der Waals surface area contributed by atoms with Gasteiger partial charge in [-0.05, 0) is 17.5 Å². The van der Waals surface area contributed by atoms with Gasteiger partial charge in [0.25, 0.3) is 5.91 Å². The molecule has 1 rings (SSSR count). The van der Waals surface area contributed by atoms with Crippen molar-refractivity contribution in [2.24, 2.45) is 5.92 Å². The van der Waals surface area contributed by atoms with Gasteiger partial charge in [0, 0.05) is 0 Å². The van der Waals surface area contributed by atoms with Gasteiger partial charge in [0.15, 0.2) is 0 Å². The molecule has 2 N–H and O–H groups in total. The van der Waals surface area contributed by atoms with E-state index in [2.05, 4.69) is 15.5 Å². The fourth-order valence-corrected chi connectivity index (χ4v) is 1.68. The summed E-state index contributed by atoms with van der Waals surface area (Å²) < 4.78 is 0.227. The second-order valence-corrected chi connectivity index (χ2v) is 4.93. The van der Waals surface area contributed by atoms with E-state index in [1.807, 2.05) is 13.8 Å². The van der Waals surface area contributed by atoms with Crippen molar-refractivity contribution in [3.8, 4) is 0 Å². The molecular formula is C8H12ClN3O2S. The van der Waals surface area contributed by atoms with Crippen LogP contribution in [0.25, 0.3) is 0 Å². The molecule has 0 aromatic carbocycles. The van der Waals surface area contributed by atoms with Crippen LogP contribution in [0.3, 0.4) is 0 Å². The van der Waals surface area contributed by atoms with Crippen LogP contribution in [0.4, 0.5) is 0 Å². The Hall–Kier alpha value is -0.720. The van der Waals surface area contributed by atoms with Crippen LogP contribution in [-0.2, 0) is 0 Å². The Labute approximate surface area is 96.5 Å². The van der Waals surface area contributed by atoms with Gasteiger partial charge in [0.1, 0.15) is 0 Å². The molecule has 1 aromatic rings. The number of amides is 1. The number of halogens is 1. The first-order valence-corrected chi connectivity index (χ1v) is 5.64. The lowest BCUT2D eigenvalue weighted by Gasteiger charge is -2.18. The third-order valence-corrected chi connectivity index (χ3v) is 2.93. The van der Waals surface area contributed by atoms with Crippen molar-refractivity contribution < 1.29 is 9.90 Å². The van der Waals surface area contributed by atoms with Gasteiger partial charge < -0.3 is 10.4 Å². The normalized spacial score (nSPS) is 12.9. The average Bonchev–Trinajstić information content (AvgIpc) is 2.60. The highest BCUT2D eigenvalue weighted by molar-refractivity contribution is 7.17. The molecule has 1 atom stereocenters. The Bertz CT molecular complexity index is 342. The summed E-state index contributed by atoms with van der Waals surface area (Å²) in [5.41, 5.74) is 0. The Balaban J connectivity index is 2.62. The minimum absolute atomic E-state index is 0.101. The third-order valence-electron chi connectivity index (χ3n) is 1.91. The van der Waals surface area contributed by atoms with Crippen LogP contribution in [0.1, 0.15) is 23.6 Å². The van der Waals surface area contributed by atoms with Crippen LogP contribution in [0.2, 0.25) is 4.47 Å². The van der Waals surface area contributed by atoms with Gasteiger partial charge in [-0.25, -0.2) is 0 Å². The van der Waals surface area contributed by atoms with Crippen LogP contribution in [-0.4, -0.2) is 33.9 Å². The van der Waals surface area contributed by atoms with E-state index in [1.54, 1.807) is 0 Å². The van der Waals surface area contributed by atoms with Gasteiger partial charge in [-0.15, -0.1) is 10.2 Å². The van der Waals surface area contributed by atoms with Crippen molar-refractivity contribution in [2.45, 2.75) is 19.9 Å². The molecule has 0 unspecified atom stereocenters. The molecule has 15 heavy (non-hydrogen) atoms. The quantitative estimate of drug-likeness (QED) is 0.833. The zero-order valence-corrected chi connectivity index (χ0v) is 9.97. The highest BCUT2D eigenvalue weighted by atomic mass is 35.5. The summed E-state index contributed by atoms with van der Waals surface area (Å²) in [6.45, 7) is 3.72. The first-order chi connectivity index (χ1) is 7.04. The molecule has 0 aliphatic heterocycles. The summed E-state index contributed by atoms with van der Waals surface area (Å²) in [4.78, 5) is 11.6. The number of aliphatic hydroxyl groups excluding tert-OH is 1. The van der Waals surface area contributed by atoms with Gasteiger partial charge in [-0.2, -0.15) is 0 Å². The Morgan fingerprint density at radius 3 is 2.67 bits per heavy atom. The Morgan fingerprint density at radius 1 is 1.60 bits per heavy atom. The summed E-state index contributed by atoms with van der Waals surface area (Å²) in [5, 5.41) is 19.0. The van der Waals surface area contributed by atoms with Gasteiger partial charge in [0.2, 0.25) is 9.47 Å². The minimum Gasteiger partial charge on any atom is -0.394 e. The number of rotatable bonds is 4. The number of carbonyl (C=O) groups is 1. The number of hydrogen-bond acceptors (Lipinski definition) is 5. The molecule has 0 radical (unpaired) electrons. The molecule has 0 bridgehead atoms. The zero-order valence-electron chi connectivity index (χ0n) is 8.40. The highest BCUT2D eigenvalue weighted by Gasteiger charge is 2.18. The smallest absolute Gasteiger partial charge is 0.282 e. The van der Waals surface area contributed by atoms with E-state index in [-0.39, 0.29) is 33.9 Å². The van der Waals surface area contributed by atoms with Crippen molar-refractivity contribution in [1.82, 2.24) is 15.5 Å². The van der Waals surface area contributed by atoms with E-state index in [0.29, 0.717) is 0 Å². The second-order valence-electron chi connectivity index (χ2n) is 3.37. The molecule has 1 amide bonds. The molecule has 84 valence electrons. The van der Waals surface area contributed by atoms with Crippen LogP contribution in [0.5, 0.6) is 0 Å². The maximum Gasteiger partial charge on any atom is 0.282 e. The molecule has 1 heterocycles. The number of nitrogens with zero attached hydrogens (tertiary/aromatic N) is 2. The van der Waals surface area contributed by atoms with Crippen molar-refractivity contribution in [3.05, 3.63) is 9.47 Å². The summed E-state index contributed by atoms with van der Waals surface area (Å²) >= 11 is 6.56. The SMILES string of the molecule is CC(C)[C@@H](CO)NC(=O)c1nnc(Cl)s1. The fourth-order valence-electron chi connectivity index (χ4n) is 0.950. The maximum atomic E-state index is 11.6. The molecule has 1 aromatic heterocycles. The number of carbonyl (C=O) groups excluding carboxylic acids is 1. The van der Waals surface area contributed by atoms with Crippen molar-refractivity contribution in [3.63, 3.8) is 0 Å². The van der Waals surface area contributed by atoms with E-state index in [1.165, 1.54) is 0 Å². The van der Waals surface area contributed by atoms with Crippen LogP contribution < -0.4 is 5.32 Å². The Morgan fingerprint density at radius 2 is 2.27 bits per heavy atom. The number of aromatic nitrogens is 2. The van der Waals surface area contributed by atoms with Gasteiger partial charge in [-0.3, -0.25) is 4.79 Å². The maximum absolute atomic E-state index is 11.6. The summed E-state index contributed by atoms with van der Waals surface area (Å²) in [6, 6.07) is -0.278. The van der Waals surface area contributed by atoms with E-state index in [0.717, 1.165) is 11.3 Å². The monoisotopic (exact) mass is 249 g/mol. The number of aliphatic hydroxyl groups is 1. The Kier molecular flexibility index (Phi) is 4.44. The molecule has 0 aliphatic carbocycles. The first-order valence-electron chi connectivity index (χ1n) is 4.45. The van der Waals surface area contributed by atoms with Gasteiger partial charge in [0.05, 0.1) is 12.6 Å². The lowest BCUT2D eigenvalue weighted by Crippen LogP contribution is -2.41. The average molecular weight is 250 g/mol. The predicted octanol–water partition coefficient (Wildman–Crippen LogP) is 0.938. The fraction of sp³-hybridized carbons (Fsp3) is 0.625. The second kappa shape index (κ2) is 5.39. The largest absolute Gasteiger partial charge is 0.394 e. The van der Waals surface area contributed by atoms with Crippen LogP contribution >= 0.6 is 22.9 Å². The lowest BCUT2D eigenvalue weighted by atomic mass is 10.1. The van der Waals surface area contributed by atoms with Crippen molar-refractivity contribution >= 4 is 28.8 Å². The summed E-state index contributed by atoms with van der Waals surface area (Å²) in [7, 11) is 0. The summed E-state index contributed by atoms with van der Waals surface area (Å²) in [5.74, 6) is -0.200. The predicted molar refractivity (Wildman–Crippen MR) is 58.1 cm³/mol. The topological polar surface area (TPSA) is 75.1 Å². The molecule has 0 aliphatic rings. The van der Waals surface area contributed by atoms with Crippen molar-refractivity contribution in [2.75, 3.05) is 6.61 Å². The molecule has 0 fully saturated rings. The lowest BCUT2D eigenvalue weighted by molar-refractivity contribution is 0.0896. The van der Waals surface area contributed by atoms with E-state index < -0.39 is 0 Å². The van der Waals surface area contributed by atoms with E-state index in [9.17, 15) is 4.79 Å². The molecule has 0 saturated carbocycles. The van der Waals surface area contributed by atoms with E-state index >= 15 is 0 Å². The van der Waals surface area contributed by atoms with Gasteiger partial charge >= 0.3 is 0 Å². The van der Waals surface area contributed by atoms with Crippen LogP contribution in [0, 0.1) is 5.92 Å². The molecular weight excluding hydrogens is 238 g/mol. The molecule has 0 saturated heterocycles. The van der Waals surface area contributed by atoms with Gasteiger partial charge in [-0.1, -0.05) is 25.2 Å². The minimum atomic E-state index is -0.354. The number of nitrogens with one attached hydrogen (secondary N) is 1. The first kappa shape index (κ1) is 12.4. The van der Waals surface area contributed by atoms with Crippen molar-refractivity contribution in [1.29, 1.82) is 0 Å². The molecule has 5 nitrogen and oxygen atoms in total. The number of hydrogen-bond donors (Lipinski definition) is 2.